The van der Waals surface area contributed by atoms with E-state index < -0.39 is 59.0 Å². The van der Waals surface area contributed by atoms with Gasteiger partial charge in [-0.25, -0.2) is 20.4 Å². The van der Waals surface area contributed by atoms with Gasteiger partial charge in [0.15, 0.2) is 24.9 Å². The topological polar surface area (TPSA) is 145 Å². The van der Waals surface area contributed by atoms with Crippen molar-refractivity contribution in [2.24, 2.45) is 5.92 Å². The number of ether oxygens (including phenoxy) is 3. The molecule has 1 amide bonds. The van der Waals surface area contributed by atoms with Crippen molar-refractivity contribution in [3.8, 4) is 0 Å². The maximum Gasteiger partial charge on any atom is 0.411 e. The van der Waals surface area contributed by atoms with Gasteiger partial charge in [0.1, 0.15) is 31.4 Å². The number of hydrogen-bond donors (Lipinski definition) is 1. The third-order valence-electron chi connectivity index (χ3n) is 4.50. The normalized spacial score (nSPS) is 12.9. The van der Waals surface area contributed by atoms with Crippen LogP contribution < -0.4 is 5.48 Å². The number of carbonyl (C=O) groups is 1. The highest BCUT2D eigenvalue weighted by molar-refractivity contribution is 7.53. The zero-order valence-corrected chi connectivity index (χ0v) is 22.3. The van der Waals surface area contributed by atoms with E-state index in [0.717, 1.165) is 12.7 Å². The fraction of sp³-hybridized carbons (Fsp3) is 0.700. The van der Waals surface area contributed by atoms with Crippen LogP contribution in [0.1, 0.15) is 30.8 Å². The molecule has 2 aromatic heterocycles. The first-order valence-electron chi connectivity index (χ1n) is 11.5. The molecule has 2 heterocycles. The van der Waals surface area contributed by atoms with Crippen molar-refractivity contribution in [1.29, 1.82) is 0 Å². The van der Waals surface area contributed by atoms with E-state index in [2.05, 4.69) is 39.0 Å². The smallest absolute Gasteiger partial charge is 0.367 e. The maximum atomic E-state index is 12.7. The largest absolute Gasteiger partial charge is 0.411 e. The SMILES string of the molecule is CC(C)CCONC(=O)c1ncnc2c1ncn2CCOCP(=O)(OCOCC(F)(F)F)OCOCC(F)(F)F. The number of amides is 1. The summed E-state index contributed by atoms with van der Waals surface area (Å²) >= 11 is 0. The Hall–Kier alpha value is -2.41. The summed E-state index contributed by atoms with van der Waals surface area (Å²) in [7, 11) is -4.40. The fourth-order valence-corrected chi connectivity index (χ4v) is 3.72. The summed E-state index contributed by atoms with van der Waals surface area (Å²) in [6.07, 6.45) is -7.08. The van der Waals surface area contributed by atoms with Crippen molar-refractivity contribution in [1.82, 2.24) is 25.0 Å². The lowest BCUT2D eigenvalue weighted by Gasteiger charge is -2.19. The van der Waals surface area contributed by atoms with Crippen molar-refractivity contribution in [2.45, 2.75) is 39.2 Å². The molecule has 0 saturated heterocycles. The zero-order chi connectivity index (χ0) is 29.8. The first-order chi connectivity index (χ1) is 18.7. The number of carbonyl (C=O) groups excluding carboxylic acids is 1. The van der Waals surface area contributed by atoms with E-state index in [1.54, 1.807) is 0 Å². The summed E-state index contributed by atoms with van der Waals surface area (Å²) in [6.45, 7) is -1.64. The van der Waals surface area contributed by atoms with Gasteiger partial charge in [0, 0.05) is 6.54 Å². The Labute approximate surface area is 223 Å². The molecule has 0 atom stereocenters. The number of imidazole rings is 1. The third kappa shape index (κ3) is 12.8. The average molecular weight is 611 g/mol. The number of alkyl halides is 6. The molecule has 0 spiro atoms. The van der Waals surface area contributed by atoms with E-state index in [0.29, 0.717) is 12.5 Å². The Morgan fingerprint density at radius 3 is 2.17 bits per heavy atom. The number of nitrogens with zero attached hydrogens (tertiary/aromatic N) is 4. The monoisotopic (exact) mass is 611 g/mol. The first kappa shape index (κ1) is 33.8. The van der Waals surface area contributed by atoms with E-state index in [4.69, 9.17) is 9.57 Å². The highest BCUT2D eigenvalue weighted by Crippen LogP contribution is 2.48. The molecule has 1 N–H and O–H groups in total. The van der Waals surface area contributed by atoms with Crippen molar-refractivity contribution >= 4 is 24.7 Å². The molecule has 0 radical (unpaired) electrons. The van der Waals surface area contributed by atoms with Gasteiger partial charge in [0.05, 0.1) is 19.5 Å². The van der Waals surface area contributed by atoms with Gasteiger partial charge < -0.3 is 18.8 Å². The van der Waals surface area contributed by atoms with E-state index in [-0.39, 0.29) is 30.0 Å². The Balaban J connectivity index is 1.93. The number of hydrogen-bond acceptors (Lipinski definition) is 11. The molecule has 0 aliphatic carbocycles. The predicted octanol–water partition coefficient (Wildman–Crippen LogP) is 3.81. The lowest BCUT2D eigenvalue weighted by molar-refractivity contribution is -0.192. The molecular formula is C20H28F6N5O8P. The number of rotatable bonds is 18. The van der Waals surface area contributed by atoms with Crippen LogP contribution in [-0.2, 0) is 39.2 Å². The number of fused-ring (bicyclic) bond motifs is 1. The molecule has 13 nitrogen and oxygen atoms in total. The predicted molar refractivity (Wildman–Crippen MR) is 123 cm³/mol. The Kier molecular flexibility index (Phi) is 13.1. The van der Waals surface area contributed by atoms with Crippen LogP contribution >= 0.6 is 7.60 Å². The summed E-state index contributed by atoms with van der Waals surface area (Å²) in [5.74, 6) is -0.272. The van der Waals surface area contributed by atoms with Crippen LogP contribution in [0.5, 0.6) is 0 Å². The zero-order valence-electron chi connectivity index (χ0n) is 21.4. The summed E-state index contributed by atoms with van der Waals surface area (Å²) in [6, 6.07) is 0. The molecular weight excluding hydrogens is 583 g/mol. The Bertz CT molecular complexity index is 1090. The highest BCUT2D eigenvalue weighted by Gasteiger charge is 2.31. The fourth-order valence-electron chi connectivity index (χ4n) is 2.67. The summed E-state index contributed by atoms with van der Waals surface area (Å²) in [5, 5.41) is 0. The quantitative estimate of drug-likeness (QED) is 0.0864. The minimum atomic E-state index is -4.70. The van der Waals surface area contributed by atoms with Crippen molar-refractivity contribution < 1.29 is 63.8 Å². The Morgan fingerprint density at radius 2 is 1.60 bits per heavy atom. The molecule has 0 fully saturated rings. The second kappa shape index (κ2) is 15.6. The second-order valence-electron chi connectivity index (χ2n) is 8.36. The van der Waals surface area contributed by atoms with Gasteiger partial charge in [-0.1, -0.05) is 13.8 Å². The highest BCUT2D eigenvalue weighted by atomic mass is 31.2. The number of nitrogens with one attached hydrogen (secondary N) is 1. The molecule has 40 heavy (non-hydrogen) atoms. The van der Waals surface area contributed by atoms with E-state index in [1.165, 1.54) is 10.9 Å². The van der Waals surface area contributed by atoms with E-state index in [9.17, 15) is 35.7 Å². The lowest BCUT2D eigenvalue weighted by atomic mass is 10.1. The molecule has 2 rings (SSSR count). The van der Waals surface area contributed by atoms with Gasteiger partial charge in [-0.15, -0.1) is 0 Å². The van der Waals surface area contributed by atoms with E-state index in [1.807, 2.05) is 13.8 Å². The maximum absolute atomic E-state index is 12.7. The van der Waals surface area contributed by atoms with Crippen LogP contribution in [0.25, 0.3) is 11.2 Å². The van der Waals surface area contributed by atoms with Crippen LogP contribution in [-0.4, -0.2) is 84.1 Å². The van der Waals surface area contributed by atoms with E-state index >= 15 is 0 Å². The molecule has 0 bridgehead atoms. The van der Waals surface area contributed by atoms with Gasteiger partial charge in [0.2, 0.25) is 0 Å². The number of aromatic nitrogens is 4. The van der Waals surface area contributed by atoms with Gasteiger partial charge in [-0.2, -0.15) is 26.3 Å². The third-order valence-corrected chi connectivity index (χ3v) is 6.00. The molecule has 0 aromatic carbocycles. The molecule has 228 valence electrons. The van der Waals surface area contributed by atoms with Crippen molar-refractivity contribution in [3.05, 3.63) is 18.3 Å². The molecule has 0 aliphatic heterocycles. The molecule has 2 aromatic rings. The van der Waals surface area contributed by atoms with Crippen molar-refractivity contribution in [2.75, 3.05) is 46.4 Å². The van der Waals surface area contributed by atoms with Crippen LogP contribution in [0, 0.1) is 5.92 Å². The first-order valence-corrected chi connectivity index (χ1v) is 13.2. The molecule has 20 heteroatoms. The van der Waals surface area contributed by atoms with Crippen LogP contribution in [0.4, 0.5) is 26.3 Å². The molecule has 0 saturated carbocycles. The summed E-state index contributed by atoms with van der Waals surface area (Å²) in [4.78, 5) is 29.6. The van der Waals surface area contributed by atoms with Crippen LogP contribution in [0.2, 0.25) is 0 Å². The van der Waals surface area contributed by atoms with Gasteiger partial charge in [-0.05, 0) is 12.3 Å². The lowest BCUT2D eigenvalue weighted by Crippen LogP contribution is -2.26. The average Bonchev–Trinajstić information content (AvgIpc) is 3.27. The number of hydroxylamine groups is 1. The summed E-state index contributed by atoms with van der Waals surface area (Å²) < 4.78 is 110. The Morgan fingerprint density at radius 1 is 0.975 bits per heavy atom. The van der Waals surface area contributed by atoms with Gasteiger partial charge in [-0.3, -0.25) is 23.2 Å². The van der Waals surface area contributed by atoms with Crippen molar-refractivity contribution in [3.63, 3.8) is 0 Å². The van der Waals surface area contributed by atoms with Gasteiger partial charge in [0.25, 0.3) is 5.91 Å². The minimum Gasteiger partial charge on any atom is -0.367 e. The van der Waals surface area contributed by atoms with Crippen LogP contribution in [0.15, 0.2) is 12.7 Å². The second-order valence-corrected chi connectivity index (χ2v) is 10.4. The number of halogens is 6. The standard InChI is InChI=1S/C20H28F6N5O8P/c1-14(2)3-5-37-30-18(32)16-15-17(28-9-27-16)31(10-29-15)4-6-34-13-40(33,38-11-35-7-19(21,22)23)39-12-36-8-20(24,25)26/h9-10,14H,3-8,11-13H2,1-2H3,(H,30,32). The minimum absolute atomic E-state index is 0.0224. The molecule has 0 aliphatic rings. The molecule has 0 unspecified atom stereocenters. The summed E-state index contributed by atoms with van der Waals surface area (Å²) in [5.41, 5.74) is 2.60. The van der Waals surface area contributed by atoms with Crippen LogP contribution in [0.3, 0.4) is 0 Å². The van der Waals surface area contributed by atoms with Gasteiger partial charge >= 0.3 is 19.9 Å².